The molecule has 0 saturated carbocycles. The third kappa shape index (κ3) is 3.82. The summed E-state index contributed by atoms with van der Waals surface area (Å²) in [7, 11) is 0.432. The first kappa shape index (κ1) is 17.2. The van der Waals surface area contributed by atoms with Crippen LogP contribution in [0.15, 0.2) is 17.2 Å². The van der Waals surface area contributed by atoms with E-state index in [9.17, 15) is 18.0 Å². The van der Waals surface area contributed by atoms with Crippen LogP contribution in [0.4, 0.5) is 0 Å². The number of ether oxygens (including phenoxy) is 1. The van der Waals surface area contributed by atoms with E-state index in [-0.39, 0.29) is 23.7 Å². The Labute approximate surface area is 123 Å². The van der Waals surface area contributed by atoms with Crippen molar-refractivity contribution in [2.45, 2.75) is 11.8 Å². The number of sulfonamides is 1. The number of nitrogens with zero attached hydrogens (tertiary/aromatic N) is 2. The summed E-state index contributed by atoms with van der Waals surface area (Å²) in [6.45, 7) is 1.43. The van der Waals surface area contributed by atoms with Crippen LogP contribution in [-0.4, -0.2) is 56.4 Å². The molecule has 0 aliphatic carbocycles. The molecule has 0 saturated heterocycles. The number of esters is 1. The Morgan fingerprint density at radius 1 is 1.43 bits per heavy atom. The number of amides is 1. The van der Waals surface area contributed by atoms with Crippen molar-refractivity contribution in [3.8, 4) is 0 Å². The second kappa shape index (κ2) is 6.72. The molecule has 1 heterocycles. The van der Waals surface area contributed by atoms with Gasteiger partial charge in [0.05, 0.1) is 6.61 Å². The molecule has 0 atom stereocenters. The Morgan fingerprint density at radius 2 is 2.05 bits per heavy atom. The summed E-state index contributed by atoms with van der Waals surface area (Å²) < 4.78 is 31.6. The second-order valence-electron chi connectivity index (χ2n) is 4.32. The molecule has 0 aromatic carbocycles. The average Bonchev–Trinajstić information content (AvgIpc) is 2.80. The lowest BCUT2D eigenvalue weighted by Gasteiger charge is -2.14. The normalized spacial score (nSPS) is 11.5. The molecular weight excluding hydrogens is 298 g/mol. The van der Waals surface area contributed by atoms with Gasteiger partial charge in [-0.15, -0.1) is 0 Å². The van der Waals surface area contributed by atoms with Crippen molar-refractivity contribution in [1.82, 2.24) is 14.2 Å². The molecule has 0 unspecified atom stereocenters. The van der Waals surface area contributed by atoms with Crippen LogP contribution >= 0.6 is 0 Å². The van der Waals surface area contributed by atoms with Crippen LogP contribution in [-0.2, 0) is 26.6 Å². The zero-order valence-electron chi connectivity index (χ0n) is 12.4. The minimum absolute atomic E-state index is 0.0598. The van der Waals surface area contributed by atoms with Crippen LogP contribution < -0.4 is 5.32 Å². The van der Waals surface area contributed by atoms with Gasteiger partial charge in [0.25, 0.3) is 5.91 Å². The van der Waals surface area contributed by atoms with Gasteiger partial charge in [-0.1, -0.05) is 0 Å². The molecule has 1 aromatic heterocycles. The monoisotopic (exact) mass is 317 g/mol. The van der Waals surface area contributed by atoms with E-state index < -0.39 is 21.9 Å². The number of nitrogens with one attached hydrogen (secondary N) is 1. The van der Waals surface area contributed by atoms with E-state index in [1.165, 1.54) is 30.9 Å². The van der Waals surface area contributed by atoms with Crippen molar-refractivity contribution < 1.29 is 22.7 Å². The van der Waals surface area contributed by atoms with Gasteiger partial charge in [0.2, 0.25) is 10.0 Å². The summed E-state index contributed by atoms with van der Waals surface area (Å²) in [6, 6.07) is 1.26. The first-order chi connectivity index (χ1) is 9.73. The number of hydrogen-bond acceptors (Lipinski definition) is 5. The van der Waals surface area contributed by atoms with Crippen molar-refractivity contribution in [2.75, 3.05) is 27.2 Å². The zero-order valence-corrected chi connectivity index (χ0v) is 13.2. The van der Waals surface area contributed by atoms with Crippen molar-refractivity contribution in [3.63, 3.8) is 0 Å². The molecule has 0 bridgehead atoms. The third-order valence-electron chi connectivity index (χ3n) is 2.80. The molecule has 1 amide bonds. The lowest BCUT2D eigenvalue weighted by Crippen LogP contribution is -2.33. The molecule has 21 heavy (non-hydrogen) atoms. The molecule has 0 fully saturated rings. The number of likely N-dealkylation sites (N-methyl/N-ethyl adjacent to an activating group) is 1. The van der Waals surface area contributed by atoms with Crippen LogP contribution in [0.2, 0.25) is 0 Å². The van der Waals surface area contributed by atoms with Crippen LogP contribution in [0, 0.1) is 0 Å². The summed E-state index contributed by atoms with van der Waals surface area (Å²) >= 11 is 0. The summed E-state index contributed by atoms with van der Waals surface area (Å²) in [5.41, 5.74) is 0.209. The topological polar surface area (TPSA) is 97.7 Å². The molecule has 1 aromatic rings. The molecule has 9 heteroatoms. The molecule has 0 spiro atoms. The standard InChI is InChI=1S/C12H19N3O5S/c1-5-20-11(16)8-15(4)21(18,19)9-6-10(12(17)13-2)14(3)7-9/h6-7H,5,8H2,1-4H3,(H,13,17). The van der Waals surface area contributed by atoms with Gasteiger partial charge in [-0.25, -0.2) is 8.42 Å². The van der Waals surface area contributed by atoms with E-state index in [2.05, 4.69) is 5.32 Å². The Balaban J connectivity index is 3.03. The van der Waals surface area contributed by atoms with E-state index in [0.717, 1.165) is 4.31 Å². The Bertz CT molecular complexity index is 635. The number of carbonyl (C=O) groups excluding carboxylic acids is 2. The Kier molecular flexibility index (Phi) is 5.50. The fourth-order valence-corrected chi connectivity index (χ4v) is 2.87. The minimum Gasteiger partial charge on any atom is -0.465 e. The van der Waals surface area contributed by atoms with Crippen molar-refractivity contribution in [1.29, 1.82) is 0 Å². The SMILES string of the molecule is CCOC(=O)CN(C)S(=O)(=O)c1cc(C(=O)NC)n(C)c1. The van der Waals surface area contributed by atoms with E-state index in [1.54, 1.807) is 14.0 Å². The van der Waals surface area contributed by atoms with Crippen molar-refractivity contribution >= 4 is 21.9 Å². The van der Waals surface area contributed by atoms with Gasteiger partial charge in [-0.05, 0) is 13.0 Å². The average molecular weight is 317 g/mol. The van der Waals surface area contributed by atoms with E-state index in [1.807, 2.05) is 0 Å². The first-order valence-corrected chi connectivity index (χ1v) is 7.68. The van der Waals surface area contributed by atoms with Gasteiger partial charge in [0.1, 0.15) is 17.1 Å². The second-order valence-corrected chi connectivity index (χ2v) is 6.36. The summed E-state index contributed by atoms with van der Waals surface area (Å²) in [5.74, 6) is -1.03. The number of hydrogen-bond donors (Lipinski definition) is 1. The van der Waals surface area contributed by atoms with Crippen molar-refractivity contribution in [3.05, 3.63) is 18.0 Å². The maximum Gasteiger partial charge on any atom is 0.321 e. The highest BCUT2D eigenvalue weighted by Gasteiger charge is 2.26. The maximum absolute atomic E-state index is 12.3. The fraction of sp³-hybridized carbons (Fsp3) is 0.500. The van der Waals surface area contributed by atoms with Crippen LogP contribution in [0.5, 0.6) is 0 Å². The van der Waals surface area contributed by atoms with E-state index in [4.69, 9.17) is 4.74 Å². The molecule has 8 nitrogen and oxygen atoms in total. The van der Waals surface area contributed by atoms with Gasteiger partial charge >= 0.3 is 5.97 Å². The molecule has 0 aliphatic heterocycles. The summed E-state index contributed by atoms with van der Waals surface area (Å²) in [4.78, 5) is 22.9. The number of carbonyl (C=O) groups is 2. The summed E-state index contributed by atoms with van der Waals surface area (Å²) in [5, 5.41) is 2.42. The Hall–Kier alpha value is -1.87. The molecular formula is C12H19N3O5S. The smallest absolute Gasteiger partial charge is 0.321 e. The van der Waals surface area contributed by atoms with Gasteiger partial charge < -0.3 is 14.6 Å². The van der Waals surface area contributed by atoms with Gasteiger partial charge in [-0.3, -0.25) is 9.59 Å². The lowest BCUT2D eigenvalue weighted by atomic mass is 10.4. The highest BCUT2D eigenvalue weighted by atomic mass is 32.2. The zero-order chi connectivity index (χ0) is 16.2. The molecule has 1 rings (SSSR count). The predicted molar refractivity (Wildman–Crippen MR) is 75.3 cm³/mol. The van der Waals surface area contributed by atoms with Crippen LogP contribution in [0.25, 0.3) is 0 Å². The highest BCUT2D eigenvalue weighted by Crippen LogP contribution is 2.17. The van der Waals surface area contributed by atoms with Gasteiger partial charge in [0, 0.05) is 27.3 Å². The quantitative estimate of drug-likeness (QED) is 0.718. The lowest BCUT2D eigenvalue weighted by molar-refractivity contribution is -0.143. The number of rotatable bonds is 6. The van der Waals surface area contributed by atoms with Gasteiger partial charge in [0.15, 0.2) is 0 Å². The largest absolute Gasteiger partial charge is 0.465 e. The van der Waals surface area contributed by atoms with Crippen LogP contribution in [0.1, 0.15) is 17.4 Å². The third-order valence-corrected chi connectivity index (χ3v) is 4.57. The van der Waals surface area contributed by atoms with E-state index >= 15 is 0 Å². The predicted octanol–water partition coefficient (Wildman–Crippen LogP) is -0.432. The Morgan fingerprint density at radius 3 is 2.57 bits per heavy atom. The molecule has 1 N–H and O–H groups in total. The van der Waals surface area contributed by atoms with Crippen molar-refractivity contribution in [2.24, 2.45) is 7.05 Å². The molecule has 118 valence electrons. The molecule has 0 aliphatic rings. The number of aryl methyl sites for hydroxylation is 1. The minimum atomic E-state index is -3.86. The first-order valence-electron chi connectivity index (χ1n) is 6.24. The number of aromatic nitrogens is 1. The summed E-state index contributed by atoms with van der Waals surface area (Å²) in [6.07, 6.45) is 1.32. The molecule has 0 radical (unpaired) electrons. The van der Waals surface area contributed by atoms with Crippen LogP contribution in [0.3, 0.4) is 0 Å². The van der Waals surface area contributed by atoms with Gasteiger partial charge in [-0.2, -0.15) is 4.31 Å². The highest BCUT2D eigenvalue weighted by molar-refractivity contribution is 7.89. The van der Waals surface area contributed by atoms with E-state index in [0.29, 0.717) is 0 Å². The maximum atomic E-state index is 12.3. The fourth-order valence-electron chi connectivity index (χ4n) is 1.68.